The number of fused-ring (bicyclic) bond motifs is 2. The molecule has 0 N–H and O–H groups in total. The summed E-state index contributed by atoms with van der Waals surface area (Å²) in [5, 5.41) is 0. The molecular weight excluding hydrogens is 368 g/mol. The molecule has 0 aliphatic rings. The van der Waals surface area contributed by atoms with Gasteiger partial charge in [-0.15, -0.1) is 11.3 Å². The minimum absolute atomic E-state index is 0.463. The summed E-state index contributed by atoms with van der Waals surface area (Å²) in [6, 6.07) is 16.4. The predicted octanol–water partition coefficient (Wildman–Crippen LogP) is 7.05. The molecule has 0 spiro atoms. The molecule has 28 heavy (non-hydrogen) atoms. The van der Waals surface area contributed by atoms with Gasteiger partial charge in [0, 0.05) is 0 Å². The summed E-state index contributed by atoms with van der Waals surface area (Å²) >= 11 is 1.58. The van der Waals surface area contributed by atoms with Crippen molar-refractivity contribution in [2.75, 3.05) is 0 Å². The van der Waals surface area contributed by atoms with Gasteiger partial charge in [0.25, 0.3) is 0 Å². The van der Waals surface area contributed by atoms with E-state index in [2.05, 4.69) is 50.0 Å². The fourth-order valence-electron chi connectivity index (χ4n) is 3.28. The van der Waals surface area contributed by atoms with Crippen LogP contribution in [0.5, 0.6) is 0 Å². The maximum absolute atomic E-state index is 5.98. The van der Waals surface area contributed by atoms with E-state index in [4.69, 9.17) is 13.8 Å². The van der Waals surface area contributed by atoms with Gasteiger partial charge >= 0.3 is 0 Å². The number of nitrogens with zero attached hydrogens (tertiary/aromatic N) is 2. The van der Waals surface area contributed by atoms with Crippen molar-refractivity contribution in [3.63, 3.8) is 0 Å². The molecule has 4 nitrogen and oxygen atoms in total. The van der Waals surface area contributed by atoms with Gasteiger partial charge < -0.3 is 8.83 Å². The number of aromatic nitrogens is 2. The summed E-state index contributed by atoms with van der Waals surface area (Å²) in [7, 11) is 0. The molecule has 140 valence electrons. The maximum Gasteiger partial charge on any atom is 0.237 e. The number of thiophene rings is 1. The van der Waals surface area contributed by atoms with Crippen molar-refractivity contribution < 1.29 is 8.83 Å². The van der Waals surface area contributed by atoms with E-state index in [0.29, 0.717) is 17.7 Å². The fraction of sp³-hybridized carbons (Fsp3) is 0.217. The average Bonchev–Trinajstić information content (AvgIpc) is 3.42. The van der Waals surface area contributed by atoms with Crippen LogP contribution in [0.3, 0.4) is 0 Å². The topological polar surface area (TPSA) is 52.1 Å². The highest BCUT2D eigenvalue weighted by Crippen LogP contribution is 2.36. The van der Waals surface area contributed by atoms with Crippen molar-refractivity contribution in [3.05, 3.63) is 59.7 Å². The van der Waals surface area contributed by atoms with Crippen LogP contribution in [0.2, 0.25) is 0 Å². The third-order valence-electron chi connectivity index (χ3n) is 4.97. The van der Waals surface area contributed by atoms with Crippen LogP contribution in [-0.4, -0.2) is 9.97 Å². The highest BCUT2D eigenvalue weighted by Gasteiger charge is 2.16. The number of aryl methyl sites for hydroxylation is 1. The lowest BCUT2D eigenvalue weighted by Gasteiger charge is -2.02. The molecule has 2 aromatic carbocycles. The quantitative estimate of drug-likeness (QED) is 0.331. The van der Waals surface area contributed by atoms with E-state index in [1.54, 1.807) is 11.3 Å². The Morgan fingerprint density at radius 2 is 1.43 bits per heavy atom. The molecule has 0 unspecified atom stereocenters. The lowest BCUT2D eigenvalue weighted by atomic mass is 10.0. The highest BCUT2D eigenvalue weighted by molar-refractivity contribution is 7.18. The molecule has 0 saturated heterocycles. The SMILES string of the molecule is CCc1ccc2oc(-c3ccc(-c4nc5cc(C(C)C)ccc5o4)s3)nc2c1. The molecule has 5 aromatic rings. The first-order valence-corrected chi connectivity index (χ1v) is 10.3. The first-order chi connectivity index (χ1) is 13.6. The monoisotopic (exact) mass is 388 g/mol. The summed E-state index contributed by atoms with van der Waals surface area (Å²) in [5.74, 6) is 1.74. The summed E-state index contributed by atoms with van der Waals surface area (Å²) in [5.41, 5.74) is 5.93. The van der Waals surface area contributed by atoms with Crippen LogP contribution in [0, 0.1) is 0 Å². The summed E-state index contributed by atoms with van der Waals surface area (Å²) < 4.78 is 11.9. The van der Waals surface area contributed by atoms with Gasteiger partial charge in [-0.05, 0) is 59.9 Å². The van der Waals surface area contributed by atoms with Gasteiger partial charge in [-0.1, -0.05) is 32.9 Å². The lowest BCUT2D eigenvalue weighted by Crippen LogP contribution is -1.85. The minimum atomic E-state index is 0.463. The normalized spacial score (nSPS) is 11.9. The first-order valence-electron chi connectivity index (χ1n) is 9.51. The first kappa shape index (κ1) is 17.2. The van der Waals surface area contributed by atoms with Gasteiger partial charge in [0.2, 0.25) is 11.8 Å². The number of hydrogen-bond acceptors (Lipinski definition) is 5. The Bertz CT molecular complexity index is 1290. The zero-order valence-corrected chi connectivity index (χ0v) is 16.8. The van der Waals surface area contributed by atoms with Gasteiger partial charge in [0.1, 0.15) is 11.0 Å². The molecule has 5 rings (SSSR count). The van der Waals surface area contributed by atoms with Gasteiger partial charge in [-0.3, -0.25) is 0 Å². The molecule has 0 radical (unpaired) electrons. The van der Waals surface area contributed by atoms with E-state index in [1.165, 1.54) is 11.1 Å². The van der Waals surface area contributed by atoms with E-state index in [9.17, 15) is 0 Å². The molecule has 0 fully saturated rings. The van der Waals surface area contributed by atoms with Crippen molar-refractivity contribution in [3.8, 4) is 21.5 Å². The van der Waals surface area contributed by atoms with Gasteiger partial charge in [-0.2, -0.15) is 0 Å². The molecule has 0 aliphatic carbocycles. The number of benzene rings is 2. The molecule has 0 saturated carbocycles. The Morgan fingerprint density at radius 1 is 0.821 bits per heavy atom. The second-order valence-corrected chi connectivity index (χ2v) is 8.32. The summed E-state index contributed by atoms with van der Waals surface area (Å²) in [6.45, 7) is 6.49. The van der Waals surface area contributed by atoms with E-state index in [-0.39, 0.29) is 0 Å². The summed E-state index contributed by atoms with van der Waals surface area (Å²) in [6.07, 6.45) is 0.984. The Kier molecular flexibility index (Phi) is 4.05. The Hall–Kier alpha value is -2.92. The zero-order chi connectivity index (χ0) is 19.3. The molecule has 0 bridgehead atoms. The number of hydrogen-bond donors (Lipinski definition) is 0. The number of rotatable bonds is 4. The second-order valence-electron chi connectivity index (χ2n) is 7.24. The van der Waals surface area contributed by atoms with Crippen LogP contribution >= 0.6 is 11.3 Å². The van der Waals surface area contributed by atoms with Gasteiger partial charge in [0.05, 0.1) is 9.75 Å². The molecule has 0 aliphatic heterocycles. The van der Waals surface area contributed by atoms with Crippen molar-refractivity contribution in [1.29, 1.82) is 0 Å². The minimum Gasteiger partial charge on any atom is -0.435 e. The second kappa shape index (κ2) is 6.60. The van der Waals surface area contributed by atoms with Crippen molar-refractivity contribution in [2.45, 2.75) is 33.1 Å². The molecule has 3 aromatic heterocycles. The lowest BCUT2D eigenvalue weighted by molar-refractivity contribution is 0.621. The van der Waals surface area contributed by atoms with Gasteiger partial charge in [-0.25, -0.2) is 9.97 Å². The molecule has 0 atom stereocenters. The van der Waals surface area contributed by atoms with Crippen molar-refractivity contribution >= 4 is 33.5 Å². The van der Waals surface area contributed by atoms with Crippen LogP contribution < -0.4 is 0 Å². The van der Waals surface area contributed by atoms with Crippen LogP contribution in [0.15, 0.2) is 57.4 Å². The van der Waals surface area contributed by atoms with Crippen molar-refractivity contribution in [1.82, 2.24) is 9.97 Å². The largest absolute Gasteiger partial charge is 0.435 e. The maximum atomic E-state index is 5.98. The predicted molar refractivity (Wildman–Crippen MR) is 114 cm³/mol. The third kappa shape index (κ3) is 2.92. The highest BCUT2D eigenvalue weighted by atomic mass is 32.1. The molecular formula is C23H20N2O2S. The van der Waals surface area contributed by atoms with Crippen LogP contribution in [0.4, 0.5) is 0 Å². The smallest absolute Gasteiger partial charge is 0.237 e. The Labute approximate surface area is 166 Å². The van der Waals surface area contributed by atoms with Crippen LogP contribution in [0.1, 0.15) is 37.8 Å². The Morgan fingerprint density at radius 3 is 2.04 bits per heavy atom. The van der Waals surface area contributed by atoms with Gasteiger partial charge in [0.15, 0.2) is 11.2 Å². The van der Waals surface area contributed by atoms with E-state index in [0.717, 1.165) is 38.4 Å². The average molecular weight is 388 g/mol. The summed E-state index contributed by atoms with van der Waals surface area (Å²) in [4.78, 5) is 11.3. The third-order valence-corrected chi connectivity index (χ3v) is 6.03. The fourth-order valence-corrected chi connectivity index (χ4v) is 4.13. The van der Waals surface area contributed by atoms with E-state index in [1.807, 2.05) is 24.3 Å². The van der Waals surface area contributed by atoms with E-state index >= 15 is 0 Å². The van der Waals surface area contributed by atoms with Crippen LogP contribution in [-0.2, 0) is 6.42 Å². The molecule has 3 heterocycles. The van der Waals surface area contributed by atoms with Crippen molar-refractivity contribution in [2.24, 2.45) is 0 Å². The molecule has 0 amide bonds. The number of oxazole rings is 2. The Balaban J connectivity index is 1.51. The molecule has 5 heteroatoms. The standard InChI is InChI=1S/C23H20N2O2S/c1-4-14-5-7-18-16(11-14)24-22(26-18)20-9-10-21(28-20)23-25-17-12-15(13(2)3)6-8-19(17)27-23/h5-13H,4H2,1-3H3. The zero-order valence-electron chi connectivity index (χ0n) is 16.0. The van der Waals surface area contributed by atoms with Crippen LogP contribution in [0.25, 0.3) is 43.7 Å². The van der Waals surface area contributed by atoms with E-state index < -0.39 is 0 Å².